The van der Waals surface area contributed by atoms with E-state index in [9.17, 15) is 25.2 Å². The fourth-order valence-electron chi connectivity index (χ4n) is 3.97. The fraction of sp³-hybridized carbons (Fsp3) is 0.160. The van der Waals surface area contributed by atoms with Gasteiger partial charge in [0.05, 0.1) is 13.7 Å². The molecule has 0 unspecified atom stereocenters. The van der Waals surface area contributed by atoms with Crippen molar-refractivity contribution in [3.8, 4) is 45.8 Å². The molecule has 5 rings (SSSR count). The highest BCUT2D eigenvalue weighted by Gasteiger charge is 2.33. The van der Waals surface area contributed by atoms with Gasteiger partial charge in [-0.05, 0) is 30.3 Å². The van der Waals surface area contributed by atoms with Gasteiger partial charge in [0.25, 0.3) is 0 Å². The van der Waals surface area contributed by atoms with Crippen LogP contribution in [0.15, 0.2) is 63.8 Å². The van der Waals surface area contributed by atoms with Gasteiger partial charge in [0, 0.05) is 29.3 Å². The van der Waals surface area contributed by atoms with Gasteiger partial charge in [-0.15, -0.1) is 0 Å². The van der Waals surface area contributed by atoms with Crippen LogP contribution in [0.1, 0.15) is 11.7 Å². The number of benzene rings is 3. The van der Waals surface area contributed by atoms with Crippen LogP contribution in [0.4, 0.5) is 0 Å². The van der Waals surface area contributed by atoms with Crippen molar-refractivity contribution in [2.24, 2.45) is 0 Å². The highest BCUT2D eigenvalue weighted by atomic mass is 16.6. The molecule has 34 heavy (non-hydrogen) atoms. The van der Waals surface area contributed by atoms with Crippen LogP contribution >= 0.6 is 0 Å². The zero-order valence-electron chi connectivity index (χ0n) is 17.9. The lowest BCUT2D eigenvalue weighted by molar-refractivity contribution is -0.0123. The van der Waals surface area contributed by atoms with Crippen LogP contribution in [0.2, 0.25) is 0 Å². The number of ether oxygens (including phenoxy) is 3. The second kappa shape index (κ2) is 8.20. The van der Waals surface area contributed by atoms with Crippen molar-refractivity contribution in [3.63, 3.8) is 0 Å². The predicted octanol–water partition coefficient (Wildman–Crippen LogP) is 3.46. The summed E-state index contributed by atoms with van der Waals surface area (Å²) in [4.78, 5) is 12.5. The van der Waals surface area contributed by atoms with Crippen molar-refractivity contribution < 1.29 is 39.1 Å². The van der Waals surface area contributed by atoms with E-state index in [1.165, 1.54) is 25.3 Å². The molecule has 4 aromatic rings. The van der Waals surface area contributed by atoms with Crippen LogP contribution in [-0.4, -0.2) is 40.2 Å². The highest BCUT2D eigenvalue weighted by molar-refractivity contribution is 5.86. The lowest BCUT2D eigenvalue weighted by atomic mass is 10.0. The Morgan fingerprint density at radius 3 is 2.50 bits per heavy atom. The number of methoxy groups -OCH3 is 1. The molecule has 0 saturated carbocycles. The first-order valence-corrected chi connectivity index (χ1v) is 10.3. The minimum absolute atomic E-state index is 0.0212. The molecule has 9 nitrogen and oxygen atoms in total. The van der Waals surface area contributed by atoms with Crippen LogP contribution < -0.4 is 19.6 Å². The molecule has 0 amide bonds. The van der Waals surface area contributed by atoms with Crippen LogP contribution in [0.3, 0.4) is 0 Å². The number of phenolic OH excluding ortho intramolecular Hbond substituents is 3. The molecule has 0 saturated heterocycles. The van der Waals surface area contributed by atoms with Gasteiger partial charge < -0.3 is 39.1 Å². The molecule has 1 aliphatic rings. The van der Waals surface area contributed by atoms with E-state index in [2.05, 4.69) is 0 Å². The number of hydrogen-bond donors (Lipinski definition) is 4. The maximum Gasteiger partial charge on any atom is 0.197 e. The Labute approximate surface area is 192 Å². The molecule has 2 heterocycles. The number of fused-ring (bicyclic) bond motifs is 2. The molecule has 0 spiro atoms. The first-order chi connectivity index (χ1) is 16.4. The molecule has 174 valence electrons. The molecule has 3 aromatic carbocycles. The second-order valence-electron chi connectivity index (χ2n) is 7.78. The Kier molecular flexibility index (Phi) is 5.18. The summed E-state index contributed by atoms with van der Waals surface area (Å²) in [7, 11) is 1.44. The number of aromatic hydroxyl groups is 3. The van der Waals surface area contributed by atoms with E-state index >= 15 is 0 Å². The zero-order chi connectivity index (χ0) is 24.0. The average Bonchev–Trinajstić information content (AvgIpc) is 2.82. The van der Waals surface area contributed by atoms with Crippen molar-refractivity contribution >= 4 is 11.0 Å². The number of aliphatic hydroxyl groups is 1. The van der Waals surface area contributed by atoms with Gasteiger partial charge in [-0.2, -0.15) is 0 Å². The number of rotatable bonds is 4. The van der Waals surface area contributed by atoms with Crippen LogP contribution in [0, 0.1) is 0 Å². The van der Waals surface area contributed by atoms with E-state index in [-0.39, 0.29) is 46.3 Å². The monoisotopic (exact) mass is 464 g/mol. The summed E-state index contributed by atoms with van der Waals surface area (Å²) in [5.41, 5.74) is 0.692. The van der Waals surface area contributed by atoms with E-state index in [0.717, 1.165) is 6.07 Å². The third-order valence-corrected chi connectivity index (χ3v) is 5.61. The largest absolute Gasteiger partial charge is 0.508 e. The molecule has 0 fully saturated rings. The smallest absolute Gasteiger partial charge is 0.197 e. The van der Waals surface area contributed by atoms with E-state index in [0.29, 0.717) is 22.6 Å². The lowest BCUT2D eigenvalue weighted by Crippen LogP contribution is -2.36. The minimum Gasteiger partial charge on any atom is -0.508 e. The molecule has 4 N–H and O–H groups in total. The fourth-order valence-corrected chi connectivity index (χ4v) is 3.97. The van der Waals surface area contributed by atoms with Gasteiger partial charge in [0.2, 0.25) is 0 Å². The van der Waals surface area contributed by atoms with E-state index < -0.39 is 17.6 Å². The van der Waals surface area contributed by atoms with Gasteiger partial charge in [-0.25, -0.2) is 0 Å². The van der Waals surface area contributed by atoms with Crippen molar-refractivity contribution in [1.29, 1.82) is 0 Å². The molecule has 0 aliphatic carbocycles. The van der Waals surface area contributed by atoms with Gasteiger partial charge in [0.15, 0.2) is 40.6 Å². The molecular weight excluding hydrogens is 444 g/mol. The molecule has 1 aromatic heterocycles. The third kappa shape index (κ3) is 3.61. The van der Waals surface area contributed by atoms with Gasteiger partial charge in [-0.3, -0.25) is 4.79 Å². The Morgan fingerprint density at radius 2 is 1.74 bits per heavy atom. The predicted molar refractivity (Wildman–Crippen MR) is 121 cm³/mol. The van der Waals surface area contributed by atoms with E-state index in [4.69, 9.17) is 18.6 Å². The van der Waals surface area contributed by atoms with Crippen LogP contribution in [-0.2, 0) is 0 Å². The SMILES string of the molecule is COc1cc([C@H]2Oc3ccc(-c4cc(=O)c5c(O)cc(O)cc5o4)cc3O[C@@H]2CO)ccc1O. The molecule has 0 radical (unpaired) electrons. The van der Waals surface area contributed by atoms with Crippen LogP contribution in [0.25, 0.3) is 22.3 Å². The van der Waals surface area contributed by atoms with Crippen molar-refractivity contribution in [2.45, 2.75) is 12.2 Å². The van der Waals surface area contributed by atoms with Crippen LogP contribution in [0.5, 0.6) is 34.5 Å². The zero-order valence-corrected chi connectivity index (χ0v) is 17.9. The van der Waals surface area contributed by atoms with Crippen molar-refractivity contribution in [3.05, 3.63) is 70.4 Å². The Morgan fingerprint density at radius 1 is 0.912 bits per heavy atom. The van der Waals surface area contributed by atoms with Gasteiger partial charge in [0.1, 0.15) is 28.2 Å². The first-order valence-electron chi connectivity index (χ1n) is 10.3. The maximum atomic E-state index is 12.5. The van der Waals surface area contributed by atoms with Gasteiger partial charge >= 0.3 is 0 Å². The Balaban J connectivity index is 1.53. The Bertz CT molecular complexity index is 1460. The third-order valence-electron chi connectivity index (χ3n) is 5.61. The highest BCUT2D eigenvalue weighted by Crippen LogP contribution is 2.43. The normalized spacial score (nSPS) is 17.0. The van der Waals surface area contributed by atoms with Crippen molar-refractivity contribution in [1.82, 2.24) is 0 Å². The summed E-state index contributed by atoms with van der Waals surface area (Å²) in [5, 5.41) is 39.5. The maximum absolute atomic E-state index is 12.5. The van der Waals surface area contributed by atoms with E-state index in [1.54, 1.807) is 30.3 Å². The average molecular weight is 464 g/mol. The first kappa shape index (κ1) is 21.5. The quantitative estimate of drug-likeness (QED) is 0.358. The molecule has 2 atom stereocenters. The standard InChI is InChI=1S/C25H20O9/c1-31-20-7-13(2-4-15(20)28)25-23(11-26)33-21-6-12(3-5-18(21)34-25)19-10-17(30)24-16(29)8-14(27)9-22(24)32-19/h2-10,23,25-29H,11H2,1H3/t23-,25-/m1/s1. The summed E-state index contributed by atoms with van der Waals surface area (Å²) in [6.07, 6.45) is -1.42. The number of hydrogen-bond acceptors (Lipinski definition) is 9. The summed E-state index contributed by atoms with van der Waals surface area (Å²) in [6, 6.07) is 13.2. The number of aliphatic hydroxyl groups excluding tert-OH is 1. The summed E-state index contributed by atoms with van der Waals surface area (Å²) in [6.45, 7) is -0.346. The number of phenols is 3. The summed E-state index contributed by atoms with van der Waals surface area (Å²) in [5.74, 6) is 0.563. The van der Waals surface area contributed by atoms with E-state index in [1.807, 2.05) is 0 Å². The lowest BCUT2D eigenvalue weighted by Gasteiger charge is -2.33. The van der Waals surface area contributed by atoms with Crippen molar-refractivity contribution in [2.75, 3.05) is 13.7 Å². The molecule has 0 bridgehead atoms. The summed E-state index contributed by atoms with van der Waals surface area (Å²) < 4.78 is 23.0. The summed E-state index contributed by atoms with van der Waals surface area (Å²) >= 11 is 0. The topological polar surface area (TPSA) is 139 Å². The minimum atomic E-state index is -0.755. The molecule has 9 heteroatoms. The molecular formula is C25H20O9. The molecule has 1 aliphatic heterocycles. The second-order valence-corrected chi connectivity index (χ2v) is 7.78. The Hall–Kier alpha value is -4.37. The van der Waals surface area contributed by atoms with Gasteiger partial charge in [-0.1, -0.05) is 6.07 Å².